The molecule has 1 aromatic carbocycles. The number of hydrogen-bond acceptors (Lipinski definition) is 3. The van der Waals surface area contributed by atoms with E-state index >= 15 is 0 Å². The predicted octanol–water partition coefficient (Wildman–Crippen LogP) is 2.05. The number of nitriles is 1. The van der Waals surface area contributed by atoms with Crippen molar-refractivity contribution in [3.8, 4) is 6.07 Å². The monoisotopic (exact) mass is 269 g/mol. The predicted molar refractivity (Wildman–Crippen MR) is 77.3 cm³/mol. The molecule has 1 spiro atoms. The van der Waals surface area contributed by atoms with Gasteiger partial charge >= 0.3 is 0 Å². The summed E-state index contributed by atoms with van der Waals surface area (Å²) in [6.45, 7) is 2.56. The standard InChI is InChI=1S/C16H19N3O/c17-11-13-4-1-5-14(10-13)19-9-3-7-16(15(19)20)6-2-8-18-12-16/h1,4-5,10,18H,2-3,6-9,12H2. The van der Waals surface area contributed by atoms with E-state index in [1.165, 1.54) is 0 Å². The summed E-state index contributed by atoms with van der Waals surface area (Å²) in [6, 6.07) is 9.50. The minimum atomic E-state index is -0.223. The van der Waals surface area contributed by atoms with Crippen LogP contribution >= 0.6 is 0 Å². The van der Waals surface area contributed by atoms with Crippen molar-refractivity contribution < 1.29 is 4.79 Å². The van der Waals surface area contributed by atoms with Crippen LogP contribution < -0.4 is 10.2 Å². The molecule has 2 aliphatic rings. The number of rotatable bonds is 1. The molecule has 1 atom stereocenters. The summed E-state index contributed by atoms with van der Waals surface area (Å²) in [6.07, 6.45) is 4.06. The average molecular weight is 269 g/mol. The molecule has 4 heteroatoms. The number of nitrogens with zero attached hydrogens (tertiary/aromatic N) is 2. The van der Waals surface area contributed by atoms with E-state index in [4.69, 9.17) is 5.26 Å². The maximum Gasteiger partial charge on any atom is 0.234 e. The van der Waals surface area contributed by atoms with E-state index in [1.54, 1.807) is 6.07 Å². The van der Waals surface area contributed by atoms with E-state index in [2.05, 4.69) is 11.4 Å². The molecule has 20 heavy (non-hydrogen) atoms. The van der Waals surface area contributed by atoms with E-state index in [0.29, 0.717) is 5.56 Å². The Bertz CT molecular complexity index is 550. The van der Waals surface area contributed by atoms with Crippen LogP contribution in [0, 0.1) is 16.7 Å². The average Bonchev–Trinajstić information content (AvgIpc) is 2.51. The Labute approximate surface area is 119 Å². The molecule has 0 bridgehead atoms. The third kappa shape index (κ3) is 2.19. The Balaban J connectivity index is 1.89. The molecule has 2 fully saturated rings. The van der Waals surface area contributed by atoms with Gasteiger partial charge in [0.2, 0.25) is 5.91 Å². The minimum absolute atomic E-state index is 0.223. The summed E-state index contributed by atoms with van der Waals surface area (Å²) in [5, 5.41) is 12.4. The molecular formula is C16H19N3O. The fraction of sp³-hybridized carbons (Fsp3) is 0.500. The van der Waals surface area contributed by atoms with Gasteiger partial charge in [0, 0.05) is 18.8 Å². The van der Waals surface area contributed by atoms with Crippen LogP contribution in [0.15, 0.2) is 24.3 Å². The Kier molecular flexibility index (Phi) is 3.45. The highest BCUT2D eigenvalue weighted by Gasteiger charge is 2.44. The number of piperidine rings is 2. The quantitative estimate of drug-likeness (QED) is 0.849. The first-order valence-electron chi connectivity index (χ1n) is 7.28. The third-order valence-corrected chi connectivity index (χ3v) is 4.50. The van der Waals surface area contributed by atoms with Crippen molar-refractivity contribution in [2.45, 2.75) is 25.7 Å². The lowest BCUT2D eigenvalue weighted by molar-refractivity contribution is -0.131. The van der Waals surface area contributed by atoms with Crippen molar-refractivity contribution in [1.29, 1.82) is 5.26 Å². The summed E-state index contributed by atoms with van der Waals surface area (Å²) in [7, 11) is 0. The molecule has 0 saturated carbocycles. The third-order valence-electron chi connectivity index (χ3n) is 4.50. The highest BCUT2D eigenvalue weighted by Crippen LogP contribution is 2.38. The topological polar surface area (TPSA) is 56.1 Å². The van der Waals surface area contributed by atoms with Crippen LogP contribution in [0.25, 0.3) is 0 Å². The molecule has 0 aliphatic carbocycles. The number of amides is 1. The van der Waals surface area contributed by atoms with E-state index in [1.807, 2.05) is 23.1 Å². The van der Waals surface area contributed by atoms with Gasteiger partial charge in [-0.25, -0.2) is 0 Å². The van der Waals surface area contributed by atoms with Crippen LogP contribution in [0.1, 0.15) is 31.2 Å². The zero-order chi connectivity index (χ0) is 14.0. The van der Waals surface area contributed by atoms with Crippen LogP contribution in [-0.2, 0) is 4.79 Å². The highest BCUT2D eigenvalue weighted by atomic mass is 16.2. The Morgan fingerprint density at radius 2 is 2.15 bits per heavy atom. The van der Waals surface area contributed by atoms with Gasteiger partial charge < -0.3 is 10.2 Å². The number of anilines is 1. The molecule has 1 amide bonds. The second-order valence-electron chi connectivity index (χ2n) is 5.78. The minimum Gasteiger partial charge on any atom is -0.316 e. The lowest BCUT2D eigenvalue weighted by Gasteiger charge is -2.44. The molecule has 1 unspecified atom stereocenters. The van der Waals surface area contributed by atoms with E-state index in [9.17, 15) is 4.79 Å². The van der Waals surface area contributed by atoms with Gasteiger partial charge in [-0.1, -0.05) is 6.07 Å². The van der Waals surface area contributed by atoms with E-state index in [-0.39, 0.29) is 11.3 Å². The van der Waals surface area contributed by atoms with Crippen LogP contribution in [0.3, 0.4) is 0 Å². The van der Waals surface area contributed by atoms with Crippen LogP contribution in [0.4, 0.5) is 5.69 Å². The van der Waals surface area contributed by atoms with Crippen molar-refractivity contribution in [1.82, 2.24) is 5.32 Å². The molecule has 3 rings (SSSR count). The smallest absolute Gasteiger partial charge is 0.234 e. The van der Waals surface area contributed by atoms with Crippen LogP contribution in [0.5, 0.6) is 0 Å². The molecule has 1 aromatic rings. The molecular weight excluding hydrogens is 250 g/mol. The first-order valence-corrected chi connectivity index (χ1v) is 7.28. The van der Waals surface area contributed by atoms with Gasteiger partial charge in [-0.3, -0.25) is 4.79 Å². The summed E-state index contributed by atoms with van der Waals surface area (Å²) < 4.78 is 0. The molecule has 2 aliphatic heterocycles. The van der Waals surface area contributed by atoms with Gasteiger partial charge in [0.25, 0.3) is 0 Å². The second-order valence-corrected chi connectivity index (χ2v) is 5.78. The van der Waals surface area contributed by atoms with Crippen molar-refractivity contribution in [3.05, 3.63) is 29.8 Å². The number of benzene rings is 1. The lowest BCUT2D eigenvalue weighted by atomic mass is 9.73. The summed E-state index contributed by atoms with van der Waals surface area (Å²) in [5.74, 6) is 0.228. The second kappa shape index (κ2) is 5.26. The lowest BCUT2D eigenvalue weighted by Crippen LogP contribution is -2.55. The number of carbonyl (C=O) groups is 1. The normalized spacial score (nSPS) is 26.6. The number of hydrogen-bond donors (Lipinski definition) is 1. The van der Waals surface area contributed by atoms with Gasteiger partial charge in [0.1, 0.15) is 0 Å². The zero-order valence-electron chi connectivity index (χ0n) is 11.6. The molecule has 0 aromatic heterocycles. The van der Waals surface area contributed by atoms with Crippen molar-refractivity contribution in [3.63, 3.8) is 0 Å². The Morgan fingerprint density at radius 1 is 1.30 bits per heavy atom. The molecule has 104 valence electrons. The summed E-state index contributed by atoms with van der Waals surface area (Å²) in [4.78, 5) is 14.8. The first-order chi connectivity index (χ1) is 9.75. The highest BCUT2D eigenvalue weighted by molar-refractivity contribution is 5.98. The van der Waals surface area contributed by atoms with Gasteiger partial charge in [-0.15, -0.1) is 0 Å². The van der Waals surface area contributed by atoms with Crippen molar-refractivity contribution >= 4 is 11.6 Å². The molecule has 2 saturated heterocycles. The van der Waals surface area contributed by atoms with E-state index in [0.717, 1.165) is 51.0 Å². The summed E-state index contributed by atoms with van der Waals surface area (Å²) in [5.41, 5.74) is 1.24. The van der Waals surface area contributed by atoms with Gasteiger partial charge in [0.15, 0.2) is 0 Å². The van der Waals surface area contributed by atoms with E-state index < -0.39 is 0 Å². The Hall–Kier alpha value is -1.86. The maximum atomic E-state index is 12.9. The zero-order valence-corrected chi connectivity index (χ0v) is 11.6. The molecule has 4 nitrogen and oxygen atoms in total. The molecule has 2 heterocycles. The fourth-order valence-corrected chi connectivity index (χ4v) is 3.42. The molecule has 0 radical (unpaired) electrons. The fourth-order valence-electron chi connectivity index (χ4n) is 3.42. The number of nitrogens with one attached hydrogen (secondary N) is 1. The van der Waals surface area contributed by atoms with Gasteiger partial charge in [-0.05, 0) is 50.4 Å². The maximum absolute atomic E-state index is 12.9. The molecule has 1 N–H and O–H groups in total. The van der Waals surface area contributed by atoms with Gasteiger partial charge in [0.05, 0.1) is 17.0 Å². The Morgan fingerprint density at radius 3 is 2.90 bits per heavy atom. The summed E-state index contributed by atoms with van der Waals surface area (Å²) >= 11 is 0. The van der Waals surface area contributed by atoms with Crippen LogP contribution in [0.2, 0.25) is 0 Å². The SMILES string of the molecule is N#Cc1cccc(N2CCCC3(CCCNC3)C2=O)c1. The van der Waals surface area contributed by atoms with Crippen molar-refractivity contribution in [2.75, 3.05) is 24.5 Å². The largest absolute Gasteiger partial charge is 0.316 e. The van der Waals surface area contributed by atoms with Crippen molar-refractivity contribution in [2.24, 2.45) is 5.41 Å². The first kappa shape index (κ1) is 13.1. The number of carbonyl (C=O) groups excluding carboxylic acids is 1. The van der Waals surface area contributed by atoms with Gasteiger partial charge in [-0.2, -0.15) is 5.26 Å². The van der Waals surface area contributed by atoms with Crippen LogP contribution in [-0.4, -0.2) is 25.5 Å².